The Labute approximate surface area is 68.7 Å². The number of aliphatic imine (C=N–C) groups is 1. The maximum Gasteiger partial charge on any atom is 0.169 e. The minimum absolute atomic E-state index is 0.257. The molecule has 1 aliphatic rings. The van der Waals surface area contributed by atoms with Crippen LogP contribution in [0.1, 0.15) is 27.7 Å². The van der Waals surface area contributed by atoms with Gasteiger partial charge in [0.15, 0.2) is 6.40 Å². The molecule has 0 spiro atoms. The van der Waals surface area contributed by atoms with E-state index in [1.54, 1.807) is 6.40 Å². The Morgan fingerprint density at radius 3 is 2.55 bits per heavy atom. The number of rotatable bonds is 2. The summed E-state index contributed by atoms with van der Waals surface area (Å²) in [6, 6.07) is 0.350. The Bertz CT molecular complexity index is 161. The lowest BCUT2D eigenvalue weighted by Gasteiger charge is -2.32. The average molecular weight is 155 g/mol. The van der Waals surface area contributed by atoms with Gasteiger partial charge in [-0.1, -0.05) is 27.7 Å². The van der Waals surface area contributed by atoms with Gasteiger partial charge in [0.2, 0.25) is 0 Å². The number of hydrogen-bond acceptors (Lipinski definition) is 2. The molecule has 0 aromatic rings. The molecule has 1 rings (SSSR count). The van der Waals surface area contributed by atoms with Crippen LogP contribution in [-0.4, -0.2) is 19.0 Å². The first kappa shape index (κ1) is 8.57. The molecular weight excluding hydrogens is 138 g/mol. The first-order valence-corrected chi connectivity index (χ1v) is 4.18. The second-order valence-corrected chi connectivity index (χ2v) is 4.08. The van der Waals surface area contributed by atoms with Gasteiger partial charge >= 0.3 is 0 Å². The number of ether oxygens (including phenoxy) is 1. The van der Waals surface area contributed by atoms with Crippen LogP contribution in [0.5, 0.6) is 0 Å². The first-order chi connectivity index (χ1) is 5.05. The maximum absolute atomic E-state index is 5.10. The Hall–Kier alpha value is -0.530. The van der Waals surface area contributed by atoms with E-state index in [2.05, 4.69) is 32.7 Å². The van der Waals surface area contributed by atoms with Gasteiger partial charge in [0.1, 0.15) is 6.61 Å². The summed E-state index contributed by atoms with van der Waals surface area (Å²) < 4.78 is 5.10. The minimum Gasteiger partial charge on any atom is -0.481 e. The van der Waals surface area contributed by atoms with Crippen molar-refractivity contribution in [2.75, 3.05) is 6.61 Å². The largest absolute Gasteiger partial charge is 0.481 e. The Morgan fingerprint density at radius 1 is 1.55 bits per heavy atom. The van der Waals surface area contributed by atoms with Crippen LogP contribution in [0, 0.1) is 11.3 Å². The molecule has 0 saturated heterocycles. The highest BCUT2D eigenvalue weighted by atomic mass is 16.5. The van der Waals surface area contributed by atoms with Crippen LogP contribution in [0.25, 0.3) is 0 Å². The van der Waals surface area contributed by atoms with Crippen LogP contribution >= 0.6 is 0 Å². The lowest BCUT2D eigenvalue weighted by molar-refractivity contribution is 0.163. The summed E-state index contributed by atoms with van der Waals surface area (Å²) in [7, 11) is 0. The summed E-state index contributed by atoms with van der Waals surface area (Å²) in [5.41, 5.74) is 0.257. The van der Waals surface area contributed by atoms with Crippen molar-refractivity contribution in [3.63, 3.8) is 0 Å². The first-order valence-electron chi connectivity index (χ1n) is 4.18. The van der Waals surface area contributed by atoms with Crippen molar-refractivity contribution < 1.29 is 4.74 Å². The Kier molecular flexibility index (Phi) is 2.21. The molecule has 1 aliphatic heterocycles. The Morgan fingerprint density at radius 2 is 2.18 bits per heavy atom. The predicted octanol–water partition coefficient (Wildman–Crippen LogP) is 2.10. The molecule has 1 atom stereocenters. The van der Waals surface area contributed by atoms with Crippen LogP contribution < -0.4 is 0 Å². The van der Waals surface area contributed by atoms with Crippen LogP contribution in [0.15, 0.2) is 4.99 Å². The van der Waals surface area contributed by atoms with Crippen LogP contribution in [0.4, 0.5) is 0 Å². The lowest BCUT2D eigenvalue weighted by Crippen LogP contribution is -2.33. The molecule has 0 bridgehead atoms. The fourth-order valence-electron chi connectivity index (χ4n) is 1.09. The second kappa shape index (κ2) is 2.84. The number of nitrogens with zero attached hydrogens (tertiary/aromatic N) is 1. The molecule has 0 radical (unpaired) electrons. The number of hydrogen-bond donors (Lipinski definition) is 0. The van der Waals surface area contributed by atoms with E-state index >= 15 is 0 Å². The normalized spacial score (nSPS) is 24.3. The molecule has 1 unspecified atom stereocenters. The molecule has 0 amide bonds. The highest BCUT2D eigenvalue weighted by Gasteiger charge is 2.34. The quantitative estimate of drug-likeness (QED) is 0.598. The molecule has 0 saturated carbocycles. The smallest absolute Gasteiger partial charge is 0.169 e. The van der Waals surface area contributed by atoms with Gasteiger partial charge in [0.25, 0.3) is 0 Å². The maximum atomic E-state index is 5.10. The van der Waals surface area contributed by atoms with Crippen molar-refractivity contribution in [2.45, 2.75) is 33.7 Å². The van der Waals surface area contributed by atoms with Gasteiger partial charge in [-0.2, -0.15) is 0 Å². The lowest BCUT2D eigenvalue weighted by atomic mass is 9.75. The van der Waals surface area contributed by atoms with Crippen molar-refractivity contribution in [1.29, 1.82) is 0 Å². The monoisotopic (exact) mass is 155 g/mol. The van der Waals surface area contributed by atoms with Gasteiger partial charge in [-0.3, -0.25) is 4.99 Å². The van der Waals surface area contributed by atoms with Gasteiger partial charge in [0.05, 0.1) is 6.04 Å². The SMILES string of the molecule is CC(C)C(C)(C)C1COC=N1. The minimum atomic E-state index is 0.257. The zero-order valence-electron chi connectivity index (χ0n) is 7.79. The van der Waals surface area contributed by atoms with Gasteiger partial charge in [-0.25, -0.2) is 0 Å². The van der Waals surface area contributed by atoms with E-state index < -0.39 is 0 Å². The molecule has 0 aliphatic carbocycles. The summed E-state index contributed by atoms with van der Waals surface area (Å²) >= 11 is 0. The van der Waals surface area contributed by atoms with Crippen LogP contribution in [0.2, 0.25) is 0 Å². The third-order valence-corrected chi connectivity index (χ3v) is 2.92. The van der Waals surface area contributed by atoms with Crippen molar-refractivity contribution in [3.8, 4) is 0 Å². The standard InChI is InChI=1S/C9H17NO/c1-7(2)9(3,4)8-5-11-6-10-8/h6-8H,5H2,1-4H3. The van der Waals surface area contributed by atoms with Gasteiger partial charge in [-0.05, 0) is 11.3 Å². The van der Waals surface area contributed by atoms with Crippen LogP contribution in [-0.2, 0) is 4.74 Å². The zero-order valence-corrected chi connectivity index (χ0v) is 7.79. The fourth-order valence-corrected chi connectivity index (χ4v) is 1.09. The third-order valence-electron chi connectivity index (χ3n) is 2.92. The topological polar surface area (TPSA) is 21.6 Å². The van der Waals surface area contributed by atoms with E-state index in [1.165, 1.54) is 0 Å². The van der Waals surface area contributed by atoms with E-state index in [4.69, 9.17) is 4.74 Å². The summed E-state index contributed by atoms with van der Waals surface area (Å²) in [5.74, 6) is 0.645. The van der Waals surface area contributed by atoms with Crippen LogP contribution in [0.3, 0.4) is 0 Å². The van der Waals surface area contributed by atoms with Gasteiger partial charge < -0.3 is 4.74 Å². The van der Waals surface area contributed by atoms with Crippen molar-refractivity contribution in [2.24, 2.45) is 16.3 Å². The third kappa shape index (κ3) is 1.55. The molecule has 11 heavy (non-hydrogen) atoms. The zero-order chi connectivity index (χ0) is 8.48. The molecule has 64 valence electrons. The molecule has 0 fully saturated rings. The summed E-state index contributed by atoms with van der Waals surface area (Å²) in [5, 5.41) is 0. The fraction of sp³-hybridized carbons (Fsp3) is 0.889. The van der Waals surface area contributed by atoms with E-state index in [0.29, 0.717) is 12.0 Å². The second-order valence-electron chi connectivity index (χ2n) is 4.08. The summed E-state index contributed by atoms with van der Waals surface area (Å²) in [4.78, 5) is 4.28. The van der Waals surface area contributed by atoms with Crippen molar-refractivity contribution >= 4 is 6.40 Å². The van der Waals surface area contributed by atoms with Gasteiger partial charge in [-0.15, -0.1) is 0 Å². The van der Waals surface area contributed by atoms with E-state index in [1.807, 2.05) is 0 Å². The Balaban J connectivity index is 2.63. The highest BCUT2D eigenvalue weighted by Crippen LogP contribution is 2.33. The van der Waals surface area contributed by atoms with Crippen molar-refractivity contribution in [1.82, 2.24) is 0 Å². The summed E-state index contributed by atoms with van der Waals surface area (Å²) in [6.07, 6.45) is 1.58. The molecule has 1 heterocycles. The summed E-state index contributed by atoms with van der Waals surface area (Å²) in [6.45, 7) is 9.70. The molecule has 0 N–H and O–H groups in total. The van der Waals surface area contributed by atoms with Gasteiger partial charge in [0, 0.05) is 0 Å². The highest BCUT2D eigenvalue weighted by molar-refractivity contribution is 5.49. The van der Waals surface area contributed by atoms with E-state index in [-0.39, 0.29) is 5.41 Å². The molecule has 0 aromatic carbocycles. The molecule has 2 heteroatoms. The van der Waals surface area contributed by atoms with E-state index in [9.17, 15) is 0 Å². The average Bonchev–Trinajstić information content (AvgIpc) is 2.37. The molecule has 0 aromatic heterocycles. The van der Waals surface area contributed by atoms with Crippen molar-refractivity contribution in [3.05, 3.63) is 0 Å². The molecule has 2 nitrogen and oxygen atoms in total. The predicted molar refractivity (Wildman–Crippen MR) is 46.9 cm³/mol. The molecular formula is C9H17NO. The van der Waals surface area contributed by atoms with E-state index in [0.717, 1.165) is 6.61 Å².